The van der Waals surface area contributed by atoms with Crippen molar-refractivity contribution in [2.75, 3.05) is 48.8 Å². The maximum atomic E-state index is 14.9. The third-order valence-electron chi connectivity index (χ3n) is 17.8. The van der Waals surface area contributed by atoms with Crippen LogP contribution in [0.4, 0.5) is 22.7 Å². The lowest BCUT2D eigenvalue weighted by atomic mass is 10.0. The fourth-order valence-electron chi connectivity index (χ4n) is 12.4. The van der Waals surface area contributed by atoms with Crippen molar-refractivity contribution in [3.05, 3.63) is 114 Å². The molecule has 6 aromatic rings. The first-order valence-corrected chi connectivity index (χ1v) is 39.6. The minimum atomic E-state index is -4.62. The van der Waals surface area contributed by atoms with Gasteiger partial charge in [-0.2, -0.15) is 9.42 Å². The number of nitrogens with zero attached hydrogens (tertiary/aromatic N) is 4. The highest BCUT2D eigenvalue weighted by atomic mass is 35.5. The number of morpholine rings is 1. The predicted octanol–water partition coefficient (Wildman–Crippen LogP) is 20.1. The molecule has 0 radical (unpaired) electrons. The fourth-order valence-corrected chi connectivity index (χ4v) is 16.6. The van der Waals surface area contributed by atoms with Crippen molar-refractivity contribution >= 4 is 91.9 Å². The highest BCUT2D eigenvalue weighted by molar-refractivity contribution is 7.93. The van der Waals surface area contributed by atoms with Crippen molar-refractivity contribution in [3.8, 4) is 11.5 Å². The van der Waals surface area contributed by atoms with Crippen molar-refractivity contribution in [3.63, 3.8) is 0 Å². The van der Waals surface area contributed by atoms with Gasteiger partial charge in [-0.05, 0) is 61.4 Å². The Morgan fingerprint density at radius 2 is 0.957 bits per heavy atom. The number of benzene rings is 6. The van der Waals surface area contributed by atoms with E-state index in [9.17, 15) is 40.3 Å². The van der Waals surface area contributed by atoms with Crippen molar-refractivity contribution in [2.45, 2.75) is 234 Å². The summed E-state index contributed by atoms with van der Waals surface area (Å²) in [6.07, 6.45) is 39.5. The summed E-state index contributed by atoms with van der Waals surface area (Å²) in [5.41, 5.74) is -0.276. The molecule has 7 rings (SSSR count). The molecule has 4 N–H and O–H groups in total. The lowest BCUT2D eigenvalue weighted by molar-refractivity contribution is 0.0729. The number of ether oxygens (including phenoxy) is 1. The molecule has 0 aromatic heterocycles. The van der Waals surface area contributed by atoms with Crippen molar-refractivity contribution < 1.29 is 45.0 Å². The zero-order valence-electron chi connectivity index (χ0n) is 55.2. The van der Waals surface area contributed by atoms with Crippen LogP contribution in [-0.4, -0.2) is 90.0 Å². The minimum absolute atomic E-state index is 0.000768. The first-order valence-electron chi connectivity index (χ1n) is 34.8. The van der Waals surface area contributed by atoms with Crippen LogP contribution in [0.25, 0.3) is 21.5 Å². The van der Waals surface area contributed by atoms with E-state index < -0.39 is 45.6 Å². The number of phenols is 2. The van der Waals surface area contributed by atoms with Gasteiger partial charge in [0.1, 0.15) is 21.3 Å². The third kappa shape index (κ3) is 22.9. The van der Waals surface area contributed by atoms with E-state index in [1.165, 1.54) is 213 Å². The van der Waals surface area contributed by atoms with Crippen LogP contribution in [0.1, 0.15) is 230 Å². The van der Waals surface area contributed by atoms with Crippen LogP contribution >= 0.6 is 11.6 Å². The fraction of sp³-hybridized carbons (Fsp3) is 0.548. The Bertz CT molecular complexity index is 3630. The van der Waals surface area contributed by atoms with Crippen LogP contribution in [0.15, 0.2) is 128 Å². The lowest BCUT2D eigenvalue weighted by Gasteiger charge is -2.26. The molecule has 0 aliphatic carbocycles. The van der Waals surface area contributed by atoms with E-state index in [4.69, 9.17) is 16.3 Å². The summed E-state index contributed by atoms with van der Waals surface area (Å²) in [5, 5.41) is 32.9. The number of rotatable bonds is 45. The monoisotopic (exact) mass is 1350 g/mol. The molecule has 16 nitrogen and oxygen atoms in total. The number of carbonyl (C=O) groups excluding carboxylic acids is 1. The summed E-state index contributed by atoms with van der Waals surface area (Å²) in [6, 6.07) is 25.0. The lowest BCUT2D eigenvalue weighted by Crippen LogP contribution is -2.40. The molecule has 93 heavy (non-hydrogen) atoms. The Morgan fingerprint density at radius 3 is 1.47 bits per heavy atom. The second-order valence-electron chi connectivity index (χ2n) is 25.1. The summed E-state index contributed by atoms with van der Waals surface area (Å²) in [5.74, 6) is -1.28. The number of fused-ring (bicyclic) bond motifs is 2. The molecular weight excluding hydrogens is 1250 g/mol. The van der Waals surface area contributed by atoms with E-state index in [0.29, 0.717) is 18.5 Å². The first kappa shape index (κ1) is 74.6. The summed E-state index contributed by atoms with van der Waals surface area (Å²) in [6.45, 7) is 5.79. The Balaban J connectivity index is 1.07. The molecule has 1 heterocycles. The highest BCUT2D eigenvalue weighted by Gasteiger charge is 2.32. The SMILES string of the molecule is CCCCCCCCCCCCCCCCCCN(CCCCCCCCCCCCCCCCCC)C(=O)c1cc(NS(=O)(=O)c2cc(N=Nc3cc(S(=O)(=O)N4CCOCC4)c(O)c4cccc(NS(=O)(=O)c5ccccc5)c34)ccc2Cl)c2ccccc2c1O. The van der Waals surface area contributed by atoms with E-state index in [1.807, 2.05) is 4.90 Å². The minimum Gasteiger partial charge on any atom is -0.506 e. The molecule has 1 aliphatic heterocycles. The van der Waals surface area contributed by atoms with Gasteiger partial charge >= 0.3 is 0 Å². The molecule has 0 saturated carbocycles. The van der Waals surface area contributed by atoms with Crippen LogP contribution < -0.4 is 9.44 Å². The quantitative estimate of drug-likeness (QED) is 0.0161. The summed E-state index contributed by atoms with van der Waals surface area (Å²) >= 11 is 6.72. The second-order valence-corrected chi connectivity index (χ2v) is 30.7. The van der Waals surface area contributed by atoms with Gasteiger partial charge in [-0.15, -0.1) is 5.11 Å². The number of hydrogen-bond donors (Lipinski definition) is 4. The van der Waals surface area contributed by atoms with E-state index in [0.717, 1.165) is 57.4 Å². The number of halogens is 1. The molecule has 1 saturated heterocycles. The average Bonchev–Trinajstić information content (AvgIpc) is 0.760. The Labute approximate surface area is 560 Å². The van der Waals surface area contributed by atoms with Crippen LogP contribution in [0.2, 0.25) is 5.02 Å². The van der Waals surface area contributed by atoms with Crippen LogP contribution in [0.3, 0.4) is 0 Å². The van der Waals surface area contributed by atoms with Gasteiger partial charge in [0, 0.05) is 47.7 Å². The molecule has 0 unspecified atom stereocenters. The molecule has 1 amide bonds. The third-order valence-corrected chi connectivity index (χ3v) is 22.9. The van der Waals surface area contributed by atoms with Gasteiger partial charge in [0.15, 0.2) is 0 Å². The standard InChI is InChI=1S/C73H103ClN6O10S3/c1-3-5-7-9-11-13-15-17-19-21-23-25-27-29-31-38-49-79(50-39-32-30-28-26-24-22-20-18-16-14-12-10-8-6-4-2)73(83)63-56-66(60-43-36-37-44-61(60)71(63)81)78-92(86,87)68-55-58(47-48-64(68)74)75-76-67-57-69(93(88,89)80-51-53-90-54-52-80)72(82)62-45-40-46-65(70(62)67)77-91(84,85)59-41-34-33-35-42-59/h33-37,40-48,55-57,77-78,81-82H,3-32,38-39,49-54H2,1-2H3. The average molecular weight is 1360 g/mol. The summed E-state index contributed by atoms with van der Waals surface area (Å²) in [7, 11) is -13.2. The van der Waals surface area contributed by atoms with Gasteiger partial charge in [-0.3, -0.25) is 14.2 Å². The molecule has 0 spiro atoms. The van der Waals surface area contributed by atoms with E-state index in [-0.39, 0.29) is 92.3 Å². The van der Waals surface area contributed by atoms with Gasteiger partial charge in [-0.25, -0.2) is 25.3 Å². The topological polar surface area (TPSA) is 224 Å². The van der Waals surface area contributed by atoms with Gasteiger partial charge in [-0.1, -0.05) is 273 Å². The number of unbranched alkanes of at least 4 members (excludes halogenated alkanes) is 30. The summed E-state index contributed by atoms with van der Waals surface area (Å²) in [4.78, 5) is 15.8. The molecule has 510 valence electrons. The van der Waals surface area contributed by atoms with Gasteiger partial charge < -0.3 is 19.8 Å². The number of amides is 1. The number of nitrogens with one attached hydrogen (secondary N) is 2. The first-order chi connectivity index (χ1) is 45.1. The maximum Gasteiger partial charge on any atom is 0.263 e. The zero-order valence-corrected chi connectivity index (χ0v) is 58.4. The maximum absolute atomic E-state index is 14.9. The van der Waals surface area contributed by atoms with Crippen LogP contribution in [-0.2, 0) is 34.8 Å². The van der Waals surface area contributed by atoms with Crippen molar-refractivity contribution in [1.82, 2.24) is 9.21 Å². The molecule has 1 aliphatic rings. The van der Waals surface area contributed by atoms with Gasteiger partial charge in [0.05, 0.1) is 51.4 Å². The van der Waals surface area contributed by atoms with Crippen LogP contribution in [0, 0.1) is 0 Å². The summed E-state index contributed by atoms with van der Waals surface area (Å²) < 4.78 is 97.2. The van der Waals surface area contributed by atoms with Crippen molar-refractivity contribution in [2.24, 2.45) is 10.2 Å². The highest BCUT2D eigenvalue weighted by Crippen LogP contribution is 2.45. The number of anilines is 2. The van der Waals surface area contributed by atoms with Gasteiger partial charge in [0.25, 0.3) is 26.0 Å². The largest absolute Gasteiger partial charge is 0.506 e. The van der Waals surface area contributed by atoms with Crippen LogP contribution in [0.5, 0.6) is 11.5 Å². The number of hydrogen-bond acceptors (Lipinski definition) is 12. The van der Waals surface area contributed by atoms with E-state index in [1.54, 1.807) is 42.5 Å². The molecule has 20 heteroatoms. The molecule has 0 atom stereocenters. The molecule has 6 aromatic carbocycles. The normalized spacial score (nSPS) is 13.4. The number of phenolic OH excluding ortho intramolecular Hbond substituents is 2. The number of azo groups is 1. The van der Waals surface area contributed by atoms with Gasteiger partial charge in [0.2, 0.25) is 10.0 Å². The smallest absolute Gasteiger partial charge is 0.263 e. The molecule has 1 fully saturated rings. The Morgan fingerprint density at radius 1 is 0.495 bits per heavy atom. The molecule has 0 bridgehead atoms. The molecular formula is C73H103ClN6O10S3. The predicted molar refractivity (Wildman–Crippen MR) is 379 cm³/mol. The Kier molecular flexibility index (Phi) is 31.5. The second kappa shape index (κ2) is 39.3. The van der Waals surface area contributed by atoms with Crippen molar-refractivity contribution in [1.29, 1.82) is 0 Å². The van der Waals surface area contributed by atoms with E-state index in [2.05, 4.69) is 33.5 Å². The number of sulfonamides is 3. The Hall–Kier alpha value is -5.83. The number of aromatic hydroxyl groups is 2. The van der Waals surface area contributed by atoms with E-state index >= 15 is 0 Å². The zero-order chi connectivity index (χ0) is 66.3. The number of carbonyl (C=O) groups is 1.